The highest BCUT2D eigenvalue weighted by atomic mass is 35.5. The van der Waals surface area contributed by atoms with Crippen molar-refractivity contribution >= 4 is 53.0 Å². The quantitative estimate of drug-likeness (QED) is 0.208. The maximum atomic E-state index is 13.1. The molecule has 3 aromatic rings. The summed E-state index contributed by atoms with van der Waals surface area (Å²) in [5.74, 6) is -0.0930. The number of amides is 2. The second kappa shape index (κ2) is 12.5. The molecule has 38 heavy (non-hydrogen) atoms. The number of fused-ring (bicyclic) bond motifs is 1. The van der Waals surface area contributed by atoms with Gasteiger partial charge in [-0.2, -0.15) is 5.10 Å². The molecule has 8 nitrogen and oxygen atoms in total. The molecule has 2 amide bonds. The number of ether oxygens (including phenoxy) is 2. The van der Waals surface area contributed by atoms with E-state index in [2.05, 4.69) is 34.6 Å². The lowest BCUT2D eigenvalue weighted by Crippen LogP contribution is -2.33. The van der Waals surface area contributed by atoms with E-state index >= 15 is 0 Å². The van der Waals surface area contributed by atoms with Crippen molar-refractivity contribution in [3.8, 4) is 11.5 Å². The van der Waals surface area contributed by atoms with E-state index in [0.717, 1.165) is 18.8 Å². The first-order valence-corrected chi connectivity index (χ1v) is 12.7. The lowest BCUT2D eigenvalue weighted by molar-refractivity contribution is -0.117. The largest absolute Gasteiger partial charge is 0.454 e. The average molecular weight is 553 g/mol. The summed E-state index contributed by atoms with van der Waals surface area (Å²) in [7, 11) is 0. The molecular formula is C28H26Cl2N4O4. The Morgan fingerprint density at radius 3 is 2.34 bits per heavy atom. The summed E-state index contributed by atoms with van der Waals surface area (Å²) in [5, 5.41) is 7.32. The van der Waals surface area contributed by atoms with E-state index in [1.54, 1.807) is 42.5 Å². The molecule has 0 saturated heterocycles. The molecule has 0 bridgehead atoms. The van der Waals surface area contributed by atoms with E-state index in [9.17, 15) is 9.59 Å². The highest BCUT2D eigenvalue weighted by molar-refractivity contribution is 6.34. The molecule has 0 aromatic heterocycles. The zero-order chi connectivity index (χ0) is 27.1. The number of carbonyl (C=O) groups is 2. The number of nitrogens with one attached hydrogen (secondary N) is 2. The van der Waals surface area contributed by atoms with Gasteiger partial charge in [-0.3, -0.25) is 9.59 Å². The smallest absolute Gasteiger partial charge is 0.287 e. The lowest BCUT2D eigenvalue weighted by atomic mass is 10.1. The van der Waals surface area contributed by atoms with E-state index in [-0.39, 0.29) is 23.1 Å². The zero-order valence-corrected chi connectivity index (χ0v) is 22.3. The maximum Gasteiger partial charge on any atom is 0.287 e. The van der Waals surface area contributed by atoms with Gasteiger partial charge in [-0.15, -0.1) is 0 Å². The summed E-state index contributed by atoms with van der Waals surface area (Å²) in [5.41, 5.74) is 4.96. The Labute approximate surface area is 230 Å². The Kier molecular flexibility index (Phi) is 8.89. The summed E-state index contributed by atoms with van der Waals surface area (Å²) in [4.78, 5) is 28.2. The number of rotatable bonds is 9. The van der Waals surface area contributed by atoms with Crippen molar-refractivity contribution in [1.82, 2.24) is 10.7 Å². The van der Waals surface area contributed by atoms with Crippen LogP contribution >= 0.6 is 23.2 Å². The first-order chi connectivity index (χ1) is 18.4. The first kappa shape index (κ1) is 27.0. The van der Waals surface area contributed by atoms with Crippen molar-refractivity contribution in [3.63, 3.8) is 0 Å². The SMILES string of the molecule is CCN(CC)c1ccc(/C=C(/NC(=O)c2ccccc2Cl)C(=O)N/N=C/c2cc3c(cc2Cl)OCO3)cc1. The third-order valence-electron chi connectivity index (χ3n) is 5.81. The van der Waals surface area contributed by atoms with Crippen molar-refractivity contribution in [1.29, 1.82) is 0 Å². The molecule has 10 heteroatoms. The van der Waals surface area contributed by atoms with Gasteiger partial charge < -0.3 is 19.7 Å². The van der Waals surface area contributed by atoms with Gasteiger partial charge in [0.15, 0.2) is 11.5 Å². The molecule has 0 saturated carbocycles. The Balaban J connectivity index is 1.56. The van der Waals surface area contributed by atoms with Crippen molar-refractivity contribution in [3.05, 3.63) is 93.1 Å². The van der Waals surface area contributed by atoms with Gasteiger partial charge in [-0.05, 0) is 55.8 Å². The topological polar surface area (TPSA) is 92.3 Å². The van der Waals surface area contributed by atoms with Gasteiger partial charge in [0, 0.05) is 30.4 Å². The van der Waals surface area contributed by atoms with Crippen LogP contribution in [-0.2, 0) is 4.79 Å². The third-order valence-corrected chi connectivity index (χ3v) is 6.46. The summed E-state index contributed by atoms with van der Waals surface area (Å²) in [6, 6.07) is 17.5. The van der Waals surface area contributed by atoms with Gasteiger partial charge in [-0.1, -0.05) is 47.5 Å². The van der Waals surface area contributed by atoms with E-state index in [1.165, 1.54) is 6.21 Å². The molecule has 4 rings (SSSR count). The molecule has 2 N–H and O–H groups in total. The number of anilines is 1. The molecule has 1 aliphatic rings. The molecule has 0 radical (unpaired) electrons. The number of hydrogen-bond donors (Lipinski definition) is 2. The van der Waals surface area contributed by atoms with Gasteiger partial charge in [0.05, 0.1) is 21.8 Å². The second-order valence-corrected chi connectivity index (χ2v) is 9.00. The van der Waals surface area contributed by atoms with Gasteiger partial charge in [-0.25, -0.2) is 5.43 Å². The van der Waals surface area contributed by atoms with E-state index < -0.39 is 11.8 Å². The minimum atomic E-state index is -0.633. The normalized spacial score (nSPS) is 12.5. The fraction of sp³-hybridized carbons (Fsp3) is 0.179. The number of nitrogens with zero attached hydrogens (tertiary/aromatic N) is 2. The minimum absolute atomic E-state index is 0.0144. The molecule has 3 aromatic carbocycles. The summed E-state index contributed by atoms with van der Waals surface area (Å²) in [6.07, 6.45) is 2.95. The van der Waals surface area contributed by atoms with Crippen LogP contribution in [0.5, 0.6) is 11.5 Å². The van der Waals surface area contributed by atoms with E-state index in [1.807, 2.05) is 24.3 Å². The van der Waals surface area contributed by atoms with Crippen LogP contribution in [0.2, 0.25) is 10.0 Å². The molecule has 0 unspecified atom stereocenters. The second-order valence-electron chi connectivity index (χ2n) is 8.18. The predicted octanol–water partition coefficient (Wildman–Crippen LogP) is 5.49. The van der Waals surface area contributed by atoms with Crippen LogP contribution in [0.15, 0.2) is 71.5 Å². The minimum Gasteiger partial charge on any atom is -0.454 e. The van der Waals surface area contributed by atoms with Gasteiger partial charge >= 0.3 is 0 Å². The van der Waals surface area contributed by atoms with E-state index in [0.29, 0.717) is 27.6 Å². The first-order valence-electron chi connectivity index (χ1n) is 11.9. The summed E-state index contributed by atoms with van der Waals surface area (Å²) in [6.45, 7) is 6.03. The molecule has 196 valence electrons. The van der Waals surface area contributed by atoms with Crippen LogP contribution in [0.4, 0.5) is 5.69 Å². The fourth-order valence-corrected chi connectivity index (χ4v) is 4.21. The average Bonchev–Trinajstić information content (AvgIpc) is 3.37. The fourth-order valence-electron chi connectivity index (χ4n) is 3.78. The third kappa shape index (κ3) is 6.45. The molecule has 0 atom stereocenters. The van der Waals surface area contributed by atoms with Crippen molar-refractivity contribution < 1.29 is 19.1 Å². The van der Waals surface area contributed by atoms with Crippen LogP contribution in [0, 0.1) is 0 Å². The summed E-state index contributed by atoms with van der Waals surface area (Å²) >= 11 is 12.5. The van der Waals surface area contributed by atoms with Crippen LogP contribution in [0.25, 0.3) is 6.08 Å². The number of hydrogen-bond acceptors (Lipinski definition) is 6. The van der Waals surface area contributed by atoms with Crippen LogP contribution in [0.3, 0.4) is 0 Å². The Bertz CT molecular complexity index is 1390. The van der Waals surface area contributed by atoms with Crippen molar-refractivity contribution in [2.45, 2.75) is 13.8 Å². The molecule has 0 aliphatic carbocycles. The molecule has 0 spiro atoms. The number of carbonyl (C=O) groups excluding carboxylic acids is 2. The highest BCUT2D eigenvalue weighted by Gasteiger charge is 2.18. The Morgan fingerprint density at radius 2 is 1.66 bits per heavy atom. The number of hydrazone groups is 1. The zero-order valence-electron chi connectivity index (χ0n) is 20.8. The molecular weight excluding hydrogens is 527 g/mol. The van der Waals surface area contributed by atoms with Crippen LogP contribution in [0.1, 0.15) is 35.3 Å². The summed E-state index contributed by atoms with van der Waals surface area (Å²) < 4.78 is 10.7. The highest BCUT2D eigenvalue weighted by Crippen LogP contribution is 2.36. The van der Waals surface area contributed by atoms with Crippen molar-refractivity contribution in [2.24, 2.45) is 5.10 Å². The van der Waals surface area contributed by atoms with Crippen LogP contribution < -0.4 is 25.1 Å². The maximum absolute atomic E-state index is 13.1. The molecule has 1 aliphatic heterocycles. The number of halogens is 2. The van der Waals surface area contributed by atoms with Gasteiger partial charge in [0.1, 0.15) is 5.70 Å². The van der Waals surface area contributed by atoms with Crippen molar-refractivity contribution in [2.75, 3.05) is 24.8 Å². The number of benzene rings is 3. The Hall–Kier alpha value is -4.01. The lowest BCUT2D eigenvalue weighted by Gasteiger charge is -2.21. The van der Waals surface area contributed by atoms with Gasteiger partial charge in [0.25, 0.3) is 11.8 Å². The van der Waals surface area contributed by atoms with Gasteiger partial charge in [0.2, 0.25) is 6.79 Å². The van der Waals surface area contributed by atoms with E-state index in [4.69, 9.17) is 32.7 Å². The molecule has 0 fully saturated rings. The predicted molar refractivity (Wildman–Crippen MR) is 150 cm³/mol. The monoisotopic (exact) mass is 552 g/mol. The Morgan fingerprint density at radius 1 is 0.974 bits per heavy atom. The van der Waals surface area contributed by atoms with Crippen LogP contribution in [-0.4, -0.2) is 37.9 Å². The standard InChI is InChI=1S/C28H26Cl2N4O4/c1-3-34(4-2)20-11-9-18(10-12-20)13-24(32-27(35)21-7-5-6-8-22(21)29)28(36)33-31-16-19-14-25-26(15-23(19)30)38-17-37-25/h5-16H,3-4,17H2,1-2H3,(H,32,35)(H,33,36)/b24-13+,31-16+. The molecule has 1 heterocycles.